The largest absolute Gasteiger partial charge is 0.347 e. The minimum atomic E-state index is 0.310. The third kappa shape index (κ3) is 3.75. The molecule has 0 saturated carbocycles. The third-order valence-electron chi connectivity index (χ3n) is 2.96. The van der Waals surface area contributed by atoms with Gasteiger partial charge in [-0.1, -0.05) is 6.92 Å². The van der Waals surface area contributed by atoms with E-state index in [1.54, 1.807) is 11.3 Å². The second-order valence-corrected chi connectivity index (χ2v) is 5.38. The molecular formula is C14H20N4S. The second-order valence-electron chi connectivity index (χ2n) is 4.55. The van der Waals surface area contributed by atoms with Crippen LogP contribution in [0.3, 0.4) is 0 Å². The second kappa shape index (κ2) is 6.63. The molecule has 5 heteroatoms. The van der Waals surface area contributed by atoms with Crippen LogP contribution in [-0.2, 0) is 6.54 Å². The van der Waals surface area contributed by atoms with Crippen LogP contribution >= 0.6 is 11.3 Å². The predicted octanol–water partition coefficient (Wildman–Crippen LogP) is 2.85. The highest BCUT2D eigenvalue weighted by atomic mass is 32.1. The van der Waals surface area contributed by atoms with Crippen molar-refractivity contribution < 1.29 is 0 Å². The summed E-state index contributed by atoms with van der Waals surface area (Å²) in [6, 6.07) is 4.38. The molecule has 1 unspecified atom stereocenters. The van der Waals surface area contributed by atoms with Gasteiger partial charge in [-0.25, -0.2) is 4.98 Å². The van der Waals surface area contributed by atoms with E-state index in [0.717, 1.165) is 23.9 Å². The Balaban J connectivity index is 2.02. The molecule has 102 valence electrons. The number of nitrogens with one attached hydrogen (secondary N) is 1. The fourth-order valence-electron chi connectivity index (χ4n) is 1.89. The number of hydrogen-bond acceptors (Lipinski definition) is 5. The van der Waals surface area contributed by atoms with E-state index in [0.29, 0.717) is 6.04 Å². The summed E-state index contributed by atoms with van der Waals surface area (Å²) < 4.78 is 0. The highest BCUT2D eigenvalue weighted by molar-refractivity contribution is 7.13. The van der Waals surface area contributed by atoms with Crippen LogP contribution in [0.5, 0.6) is 0 Å². The molecule has 0 aromatic carbocycles. The Hall–Kier alpha value is -1.46. The van der Waals surface area contributed by atoms with Gasteiger partial charge in [0.05, 0.1) is 5.69 Å². The fraction of sp³-hybridized carbons (Fsp3) is 0.429. The summed E-state index contributed by atoms with van der Waals surface area (Å²) in [5, 5.41) is 6.56. The summed E-state index contributed by atoms with van der Waals surface area (Å²) in [7, 11) is 2.07. The van der Waals surface area contributed by atoms with E-state index in [1.165, 1.54) is 5.56 Å². The first-order chi connectivity index (χ1) is 9.20. The monoisotopic (exact) mass is 276 g/mol. The van der Waals surface area contributed by atoms with E-state index in [1.807, 2.05) is 24.5 Å². The molecule has 0 spiro atoms. The van der Waals surface area contributed by atoms with Gasteiger partial charge in [-0.05, 0) is 31.2 Å². The summed E-state index contributed by atoms with van der Waals surface area (Å²) in [6.07, 6.45) is 3.65. The maximum Gasteiger partial charge on any atom is 0.185 e. The Bertz CT molecular complexity index is 497. The Morgan fingerprint density at radius 1 is 1.37 bits per heavy atom. The number of nitrogens with zero attached hydrogens (tertiary/aromatic N) is 3. The molecule has 19 heavy (non-hydrogen) atoms. The zero-order chi connectivity index (χ0) is 13.7. The molecule has 1 N–H and O–H groups in total. The van der Waals surface area contributed by atoms with Crippen LogP contribution in [0.15, 0.2) is 29.9 Å². The van der Waals surface area contributed by atoms with Gasteiger partial charge in [0.1, 0.15) is 0 Å². The molecule has 0 aliphatic heterocycles. The molecule has 4 nitrogen and oxygen atoms in total. The lowest BCUT2D eigenvalue weighted by Gasteiger charge is -2.15. The molecule has 2 rings (SSSR count). The Morgan fingerprint density at radius 3 is 2.79 bits per heavy atom. The average Bonchev–Trinajstić information content (AvgIpc) is 2.90. The smallest absolute Gasteiger partial charge is 0.185 e. The minimum absolute atomic E-state index is 0.310. The van der Waals surface area contributed by atoms with Crippen molar-refractivity contribution in [3.05, 3.63) is 41.2 Å². The van der Waals surface area contributed by atoms with Crippen LogP contribution in [0, 0.1) is 0 Å². The van der Waals surface area contributed by atoms with Crippen LogP contribution < -0.4 is 10.2 Å². The topological polar surface area (TPSA) is 41.0 Å². The first kappa shape index (κ1) is 14.0. The van der Waals surface area contributed by atoms with E-state index in [4.69, 9.17) is 4.98 Å². The van der Waals surface area contributed by atoms with Gasteiger partial charge in [0.25, 0.3) is 0 Å². The number of aromatic nitrogens is 2. The SMILES string of the molecule is CCNC(C)c1csc(N(C)Cc2ccncc2)n1. The molecule has 0 amide bonds. The van der Waals surface area contributed by atoms with E-state index in [-0.39, 0.29) is 0 Å². The standard InChI is InChI=1S/C14H20N4S/c1-4-16-11(2)13-10-19-14(17-13)18(3)9-12-5-7-15-8-6-12/h5-8,10-11,16H,4,9H2,1-3H3. The van der Waals surface area contributed by atoms with Gasteiger partial charge in [-0.3, -0.25) is 4.98 Å². The van der Waals surface area contributed by atoms with Gasteiger partial charge in [-0.15, -0.1) is 11.3 Å². The fourth-order valence-corrected chi connectivity index (χ4v) is 2.78. The van der Waals surface area contributed by atoms with Crippen LogP contribution in [-0.4, -0.2) is 23.6 Å². The van der Waals surface area contributed by atoms with Crippen LogP contribution in [0.2, 0.25) is 0 Å². The first-order valence-corrected chi connectivity index (χ1v) is 7.37. The van der Waals surface area contributed by atoms with Crippen molar-refractivity contribution in [1.82, 2.24) is 15.3 Å². The molecule has 0 aliphatic carbocycles. The average molecular weight is 276 g/mol. The highest BCUT2D eigenvalue weighted by Crippen LogP contribution is 2.24. The molecular weight excluding hydrogens is 256 g/mol. The van der Waals surface area contributed by atoms with Crippen molar-refractivity contribution in [2.45, 2.75) is 26.4 Å². The number of rotatable bonds is 6. The summed E-state index contributed by atoms with van der Waals surface area (Å²) in [5.74, 6) is 0. The molecule has 0 radical (unpaired) electrons. The lowest BCUT2D eigenvalue weighted by molar-refractivity contribution is 0.586. The van der Waals surface area contributed by atoms with E-state index < -0.39 is 0 Å². The lowest BCUT2D eigenvalue weighted by atomic mass is 10.2. The predicted molar refractivity (Wildman–Crippen MR) is 80.5 cm³/mol. The van der Waals surface area contributed by atoms with Crippen molar-refractivity contribution in [2.75, 3.05) is 18.5 Å². The zero-order valence-corrected chi connectivity index (χ0v) is 12.4. The first-order valence-electron chi connectivity index (χ1n) is 6.49. The summed E-state index contributed by atoms with van der Waals surface area (Å²) >= 11 is 1.69. The Labute approximate surface area is 118 Å². The highest BCUT2D eigenvalue weighted by Gasteiger charge is 2.11. The number of pyridine rings is 1. The molecule has 1 atom stereocenters. The van der Waals surface area contributed by atoms with Crippen LogP contribution in [0.25, 0.3) is 0 Å². The van der Waals surface area contributed by atoms with E-state index in [9.17, 15) is 0 Å². The number of thiazole rings is 1. The van der Waals surface area contributed by atoms with Gasteiger partial charge in [-0.2, -0.15) is 0 Å². The van der Waals surface area contributed by atoms with Crippen LogP contribution in [0.1, 0.15) is 31.1 Å². The number of anilines is 1. The van der Waals surface area contributed by atoms with Crippen molar-refractivity contribution in [1.29, 1.82) is 0 Å². The maximum atomic E-state index is 4.69. The summed E-state index contributed by atoms with van der Waals surface area (Å²) in [6.45, 7) is 6.07. The quantitative estimate of drug-likeness (QED) is 0.881. The molecule has 0 fully saturated rings. The Kier molecular flexibility index (Phi) is 4.87. The van der Waals surface area contributed by atoms with Gasteiger partial charge in [0.2, 0.25) is 0 Å². The molecule has 0 bridgehead atoms. The normalized spacial score (nSPS) is 12.4. The minimum Gasteiger partial charge on any atom is -0.347 e. The molecule has 2 aromatic heterocycles. The van der Waals surface area contributed by atoms with Gasteiger partial charge >= 0.3 is 0 Å². The molecule has 2 heterocycles. The summed E-state index contributed by atoms with van der Waals surface area (Å²) in [4.78, 5) is 10.9. The van der Waals surface area contributed by atoms with Crippen molar-refractivity contribution in [3.8, 4) is 0 Å². The van der Waals surface area contributed by atoms with Gasteiger partial charge in [0, 0.05) is 37.4 Å². The molecule has 2 aromatic rings. The van der Waals surface area contributed by atoms with E-state index in [2.05, 4.69) is 41.5 Å². The van der Waals surface area contributed by atoms with Gasteiger partial charge in [0.15, 0.2) is 5.13 Å². The number of hydrogen-bond donors (Lipinski definition) is 1. The van der Waals surface area contributed by atoms with Crippen molar-refractivity contribution in [2.24, 2.45) is 0 Å². The third-order valence-corrected chi connectivity index (χ3v) is 3.93. The summed E-state index contributed by atoms with van der Waals surface area (Å²) in [5.41, 5.74) is 2.36. The molecule has 0 aliphatic rings. The Morgan fingerprint density at radius 2 is 2.11 bits per heavy atom. The van der Waals surface area contributed by atoms with Gasteiger partial charge < -0.3 is 10.2 Å². The molecule has 0 saturated heterocycles. The zero-order valence-electron chi connectivity index (χ0n) is 11.6. The lowest BCUT2D eigenvalue weighted by Crippen LogP contribution is -2.19. The van der Waals surface area contributed by atoms with E-state index >= 15 is 0 Å². The van der Waals surface area contributed by atoms with Crippen molar-refractivity contribution in [3.63, 3.8) is 0 Å². The van der Waals surface area contributed by atoms with Crippen LogP contribution in [0.4, 0.5) is 5.13 Å². The maximum absolute atomic E-state index is 4.69. The van der Waals surface area contributed by atoms with Crippen molar-refractivity contribution >= 4 is 16.5 Å².